The van der Waals surface area contributed by atoms with Crippen LogP contribution in [0.25, 0.3) is 0 Å². The maximum atomic E-state index is 10.3. The molecular weight excluding hydrogens is 162 g/mol. The van der Waals surface area contributed by atoms with E-state index in [0.717, 1.165) is 6.42 Å². The lowest BCUT2D eigenvalue weighted by molar-refractivity contribution is -0.120. The average Bonchev–Trinajstić information content (AvgIpc) is 2.27. The van der Waals surface area contributed by atoms with Crippen molar-refractivity contribution in [3.8, 4) is 0 Å². The molecule has 0 unspecified atom stereocenters. The summed E-state index contributed by atoms with van der Waals surface area (Å²) in [5.41, 5.74) is 0. The Labute approximate surface area is 85.1 Å². The van der Waals surface area contributed by atoms with Crippen molar-refractivity contribution < 1.29 is 4.79 Å². The zero-order valence-electron chi connectivity index (χ0n) is 10.8. The molecule has 1 amide bonds. The van der Waals surface area contributed by atoms with Crippen molar-refractivity contribution in [3.63, 3.8) is 0 Å². The van der Waals surface area contributed by atoms with E-state index in [9.17, 15) is 4.79 Å². The molecule has 13 heavy (non-hydrogen) atoms. The lowest BCUT2D eigenvalue weighted by atomic mass is 10.3. The van der Waals surface area contributed by atoms with Crippen molar-refractivity contribution in [3.05, 3.63) is 0 Å². The van der Waals surface area contributed by atoms with Gasteiger partial charge < -0.3 is 5.32 Å². The molecule has 0 bridgehead atoms. The molecule has 2 nitrogen and oxygen atoms in total. The maximum absolute atomic E-state index is 10.3. The van der Waals surface area contributed by atoms with Gasteiger partial charge in [0.25, 0.3) is 0 Å². The molecule has 0 aliphatic heterocycles. The van der Waals surface area contributed by atoms with Gasteiger partial charge in [0.2, 0.25) is 5.91 Å². The average molecular weight is 191 g/mol. The molecule has 0 fully saturated rings. The Morgan fingerprint density at radius 2 is 1.31 bits per heavy atom. The summed E-state index contributed by atoms with van der Waals surface area (Å²) >= 11 is 0. The third-order valence-electron chi connectivity index (χ3n) is 0.756. The second-order valence-electron chi connectivity index (χ2n) is 1.42. The molecule has 0 saturated heterocycles. The molecule has 0 aromatic heterocycles. The van der Waals surface area contributed by atoms with Gasteiger partial charge in [0.05, 0.1) is 0 Å². The SMILES string of the molecule is CC.CC.CC.CCCC(=O)NC. The van der Waals surface area contributed by atoms with E-state index in [0.29, 0.717) is 6.42 Å². The van der Waals surface area contributed by atoms with E-state index in [1.807, 2.05) is 48.5 Å². The van der Waals surface area contributed by atoms with Gasteiger partial charge >= 0.3 is 0 Å². The van der Waals surface area contributed by atoms with Crippen LogP contribution in [0.3, 0.4) is 0 Å². The quantitative estimate of drug-likeness (QED) is 0.710. The van der Waals surface area contributed by atoms with Crippen molar-refractivity contribution in [2.75, 3.05) is 7.05 Å². The van der Waals surface area contributed by atoms with Gasteiger partial charge in [0, 0.05) is 13.5 Å². The zero-order chi connectivity index (χ0) is 11.7. The maximum Gasteiger partial charge on any atom is 0.219 e. The number of amides is 1. The summed E-state index contributed by atoms with van der Waals surface area (Å²) in [6.45, 7) is 14.0. The molecule has 0 saturated carbocycles. The topological polar surface area (TPSA) is 29.1 Å². The van der Waals surface area contributed by atoms with Crippen molar-refractivity contribution >= 4 is 5.91 Å². The molecule has 0 rings (SSSR count). The van der Waals surface area contributed by atoms with Gasteiger partial charge in [-0.05, 0) is 6.42 Å². The van der Waals surface area contributed by atoms with E-state index in [2.05, 4.69) is 5.32 Å². The normalized spacial score (nSPS) is 5.85. The van der Waals surface area contributed by atoms with Crippen molar-refractivity contribution in [1.82, 2.24) is 5.32 Å². The number of rotatable bonds is 2. The molecule has 0 aromatic rings. The minimum absolute atomic E-state index is 0.127. The molecular formula is C11H29NO. The van der Waals surface area contributed by atoms with Crippen LogP contribution in [0.5, 0.6) is 0 Å². The Morgan fingerprint density at radius 3 is 1.38 bits per heavy atom. The van der Waals surface area contributed by atoms with Gasteiger partial charge in [-0.3, -0.25) is 4.79 Å². The molecule has 0 spiro atoms. The first kappa shape index (κ1) is 22.9. The highest BCUT2D eigenvalue weighted by Gasteiger charge is 1.89. The summed E-state index contributed by atoms with van der Waals surface area (Å²) in [6, 6.07) is 0. The van der Waals surface area contributed by atoms with E-state index < -0.39 is 0 Å². The predicted octanol–water partition coefficient (Wildman–Crippen LogP) is 3.61. The monoisotopic (exact) mass is 191 g/mol. The number of hydrogen-bond acceptors (Lipinski definition) is 1. The molecule has 0 aliphatic carbocycles. The Hall–Kier alpha value is -0.530. The molecule has 0 radical (unpaired) electrons. The number of carbonyl (C=O) groups is 1. The smallest absolute Gasteiger partial charge is 0.219 e. The van der Waals surface area contributed by atoms with E-state index in [1.165, 1.54) is 0 Å². The van der Waals surface area contributed by atoms with Gasteiger partial charge in [0.1, 0.15) is 0 Å². The van der Waals surface area contributed by atoms with Crippen LogP contribution in [0.15, 0.2) is 0 Å². The van der Waals surface area contributed by atoms with Gasteiger partial charge in [0.15, 0.2) is 0 Å². The zero-order valence-corrected chi connectivity index (χ0v) is 10.8. The standard InChI is InChI=1S/C5H11NO.3C2H6/c1-3-4-5(7)6-2;3*1-2/h3-4H2,1-2H3,(H,6,7);3*1-2H3. The van der Waals surface area contributed by atoms with Crippen LogP contribution in [0, 0.1) is 0 Å². The van der Waals surface area contributed by atoms with Crippen molar-refractivity contribution in [2.24, 2.45) is 0 Å². The van der Waals surface area contributed by atoms with Gasteiger partial charge in [-0.25, -0.2) is 0 Å². The largest absolute Gasteiger partial charge is 0.359 e. The molecule has 0 heterocycles. The first-order valence-electron chi connectivity index (χ1n) is 5.51. The van der Waals surface area contributed by atoms with Crippen molar-refractivity contribution in [1.29, 1.82) is 0 Å². The van der Waals surface area contributed by atoms with Gasteiger partial charge in [-0.1, -0.05) is 48.5 Å². The van der Waals surface area contributed by atoms with Crippen LogP contribution in [-0.2, 0) is 4.79 Å². The lowest BCUT2D eigenvalue weighted by Crippen LogP contribution is -2.16. The van der Waals surface area contributed by atoms with Crippen LogP contribution in [-0.4, -0.2) is 13.0 Å². The van der Waals surface area contributed by atoms with Crippen molar-refractivity contribution in [2.45, 2.75) is 61.3 Å². The van der Waals surface area contributed by atoms with Gasteiger partial charge in [-0.15, -0.1) is 0 Å². The fourth-order valence-electron chi connectivity index (χ4n) is 0.352. The molecule has 0 aliphatic rings. The molecule has 0 aromatic carbocycles. The molecule has 2 heteroatoms. The summed E-state index contributed by atoms with van der Waals surface area (Å²) < 4.78 is 0. The summed E-state index contributed by atoms with van der Waals surface area (Å²) in [4.78, 5) is 10.3. The minimum Gasteiger partial charge on any atom is -0.359 e. The third kappa shape index (κ3) is 51.5. The first-order chi connectivity index (χ1) is 6.31. The number of hydrogen-bond donors (Lipinski definition) is 1. The highest BCUT2D eigenvalue weighted by molar-refractivity contribution is 5.75. The Morgan fingerprint density at radius 1 is 1.00 bits per heavy atom. The van der Waals surface area contributed by atoms with E-state index >= 15 is 0 Å². The Balaban J connectivity index is -0.0000000573. The number of nitrogens with one attached hydrogen (secondary N) is 1. The van der Waals surface area contributed by atoms with E-state index in [-0.39, 0.29) is 5.91 Å². The second kappa shape index (κ2) is 42.0. The Bertz CT molecular complexity index is 63.1. The van der Waals surface area contributed by atoms with Crippen LogP contribution in [0.2, 0.25) is 0 Å². The van der Waals surface area contributed by atoms with Crippen LogP contribution in [0.1, 0.15) is 61.3 Å². The molecule has 1 N–H and O–H groups in total. The van der Waals surface area contributed by atoms with Crippen LogP contribution < -0.4 is 5.32 Å². The predicted molar refractivity (Wildman–Crippen MR) is 63.0 cm³/mol. The highest BCUT2D eigenvalue weighted by Crippen LogP contribution is 1.82. The molecule has 84 valence electrons. The lowest BCUT2D eigenvalue weighted by Gasteiger charge is -1.91. The fraction of sp³-hybridized carbons (Fsp3) is 0.909. The number of carbonyl (C=O) groups excluding carboxylic acids is 1. The van der Waals surface area contributed by atoms with Crippen LogP contribution in [0.4, 0.5) is 0 Å². The summed E-state index contributed by atoms with van der Waals surface area (Å²) in [6.07, 6.45) is 1.58. The highest BCUT2D eigenvalue weighted by atomic mass is 16.1. The third-order valence-corrected chi connectivity index (χ3v) is 0.756. The summed E-state index contributed by atoms with van der Waals surface area (Å²) in [5, 5.41) is 2.53. The molecule has 0 atom stereocenters. The Kier molecular flexibility index (Phi) is 73.9. The van der Waals surface area contributed by atoms with Crippen LogP contribution >= 0.6 is 0 Å². The van der Waals surface area contributed by atoms with E-state index in [4.69, 9.17) is 0 Å². The first-order valence-corrected chi connectivity index (χ1v) is 5.51. The summed E-state index contributed by atoms with van der Waals surface area (Å²) in [7, 11) is 1.65. The fourth-order valence-corrected chi connectivity index (χ4v) is 0.352. The minimum atomic E-state index is 0.127. The van der Waals surface area contributed by atoms with E-state index in [1.54, 1.807) is 7.05 Å². The second-order valence-corrected chi connectivity index (χ2v) is 1.42. The summed E-state index contributed by atoms with van der Waals surface area (Å²) in [5.74, 6) is 0.127. The van der Waals surface area contributed by atoms with Gasteiger partial charge in [-0.2, -0.15) is 0 Å².